The van der Waals surface area contributed by atoms with Gasteiger partial charge in [-0.1, -0.05) is 112 Å². The standard InChI is InChI=1S/C20H32Si/c1-5-7-9-10-12-16-19(15-8-6-2)21(3,4)20-17-13-11-14-18-20/h10-14,16-18H,5-9,15H2,1-4H3/b12-10+,19-16+. The Hall–Kier alpha value is -1.08. The van der Waals surface area contributed by atoms with E-state index in [0.29, 0.717) is 0 Å². The van der Waals surface area contributed by atoms with E-state index in [9.17, 15) is 0 Å². The van der Waals surface area contributed by atoms with Crippen LogP contribution in [-0.2, 0) is 0 Å². The summed E-state index contributed by atoms with van der Waals surface area (Å²) in [7, 11) is -1.50. The van der Waals surface area contributed by atoms with Gasteiger partial charge >= 0.3 is 0 Å². The van der Waals surface area contributed by atoms with Gasteiger partial charge in [-0.3, -0.25) is 0 Å². The Labute approximate surface area is 133 Å². The lowest BCUT2D eigenvalue weighted by molar-refractivity contribution is 0.803. The van der Waals surface area contributed by atoms with Crippen LogP contribution in [0.15, 0.2) is 53.8 Å². The minimum atomic E-state index is -1.50. The van der Waals surface area contributed by atoms with Crippen molar-refractivity contribution in [1.29, 1.82) is 0 Å². The first-order valence-electron chi connectivity index (χ1n) is 8.54. The van der Waals surface area contributed by atoms with Crippen LogP contribution in [0.25, 0.3) is 0 Å². The predicted octanol–water partition coefficient (Wildman–Crippen LogP) is 6.00. The normalized spacial score (nSPS) is 13.0. The smallest absolute Gasteiger partial charge is 0.0846 e. The molecular weight excluding hydrogens is 268 g/mol. The first-order chi connectivity index (χ1) is 10.1. The van der Waals surface area contributed by atoms with Gasteiger partial charge < -0.3 is 0 Å². The van der Waals surface area contributed by atoms with Gasteiger partial charge in [0.05, 0.1) is 0 Å². The van der Waals surface area contributed by atoms with E-state index in [1.165, 1.54) is 38.5 Å². The molecule has 1 rings (SSSR count). The fraction of sp³-hybridized carbons (Fsp3) is 0.500. The van der Waals surface area contributed by atoms with E-state index in [1.54, 1.807) is 10.4 Å². The van der Waals surface area contributed by atoms with Crippen molar-refractivity contribution in [3.8, 4) is 0 Å². The van der Waals surface area contributed by atoms with Crippen LogP contribution in [0, 0.1) is 0 Å². The van der Waals surface area contributed by atoms with Gasteiger partial charge in [0.15, 0.2) is 0 Å². The monoisotopic (exact) mass is 300 g/mol. The zero-order chi connectivity index (χ0) is 15.6. The molecule has 0 unspecified atom stereocenters. The topological polar surface area (TPSA) is 0 Å². The Morgan fingerprint density at radius 2 is 1.67 bits per heavy atom. The van der Waals surface area contributed by atoms with Gasteiger partial charge in [0.25, 0.3) is 0 Å². The van der Waals surface area contributed by atoms with Crippen LogP contribution in [0.3, 0.4) is 0 Å². The molecule has 0 amide bonds. The molecule has 0 aliphatic heterocycles. The molecule has 0 aliphatic rings. The largest absolute Gasteiger partial charge is 0.107 e. The van der Waals surface area contributed by atoms with Crippen molar-refractivity contribution in [2.24, 2.45) is 0 Å². The van der Waals surface area contributed by atoms with E-state index in [2.05, 4.69) is 75.5 Å². The second-order valence-electron chi connectivity index (χ2n) is 6.36. The quantitative estimate of drug-likeness (QED) is 0.298. The van der Waals surface area contributed by atoms with Gasteiger partial charge in [-0.2, -0.15) is 0 Å². The van der Waals surface area contributed by atoms with Crippen molar-refractivity contribution in [2.45, 2.75) is 65.5 Å². The number of hydrogen-bond donors (Lipinski definition) is 0. The van der Waals surface area contributed by atoms with Crippen molar-refractivity contribution in [3.05, 3.63) is 53.8 Å². The summed E-state index contributed by atoms with van der Waals surface area (Å²) < 4.78 is 0. The molecule has 0 bridgehead atoms. The highest BCUT2D eigenvalue weighted by molar-refractivity contribution is 6.95. The molecule has 1 aromatic carbocycles. The summed E-state index contributed by atoms with van der Waals surface area (Å²) in [5, 5.41) is 3.23. The highest BCUT2D eigenvalue weighted by atomic mass is 28.3. The average molecular weight is 301 g/mol. The SMILES string of the molecule is CCCC/C=C/C=C(\CCCC)[Si](C)(C)c1ccccc1. The summed E-state index contributed by atoms with van der Waals surface area (Å²) in [4.78, 5) is 0. The van der Waals surface area contributed by atoms with Crippen molar-refractivity contribution >= 4 is 13.3 Å². The van der Waals surface area contributed by atoms with Crippen molar-refractivity contribution in [3.63, 3.8) is 0 Å². The molecule has 0 fully saturated rings. The molecule has 0 spiro atoms. The number of rotatable bonds is 9. The molecule has 0 radical (unpaired) electrons. The van der Waals surface area contributed by atoms with Crippen molar-refractivity contribution in [2.75, 3.05) is 0 Å². The number of hydrogen-bond acceptors (Lipinski definition) is 0. The van der Waals surface area contributed by atoms with Gasteiger partial charge in [0.2, 0.25) is 0 Å². The molecular formula is C20H32Si. The van der Waals surface area contributed by atoms with E-state index in [-0.39, 0.29) is 0 Å². The molecule has 0 saturated carbocycles. The first kappa shape index (κ1) is 18.0. The van der Waals surface area contributed by atoms with E-state index in [0.717, 1.165) is 0 Å². The molecule has 0 aliphatic carbocycles. The minimum absolute atomic E-state index is 1.21. The second-order valence-corrected chi connectivity index (χ2v) is 10.8. The molecule has 1 aromatic rings. The zero-order valence-electron chi connectivity index (χ0n) is 14.4. The maximum atomic E-state index is 2.49. The van der Waals surface area contributed by atoms with Crippen LogP contribution in [0.1, 0.15) is 52.4 Å². The van der Waals surface area contributed by atoms with Crippen molar-refractivity contribution in [1.82, 2.24) is 0 Å². The molecule has 1 heteroatoms. The van der Waals surface area contributed by atoms with E-state index >= 15 is 0 Å². The molecule has 116 valence electrons. The Balaban J connectivity index is 2.89. The van der Waals surface area contributed by atoms with E-state index in [1.807, 2.05) is 0 Å². The third-order valence-corrected chi connectivity index (χ3v) is 8.05. The van der Waals surface area contributed by atoms with Crippen LogP contribution >= 0.6 is 0 Å². The maximum Gasteiger partial charge on any atom is 0.107 e. The third-order valence-electron chi connectivity index (χ3n) is 4.26. The highest BCUT2D eigenvalue weighted by Crippen LogP contribution is 2.21. The Morgan fingerprint density at radius 1 is 1.00 bits per heavy atom. The lowest BCUT2D eigenvalue weighted by Crippen LogP contribution is -2.43. The highest BCUT2D eigenvalue weighted by Gasteiger charge is 2.27. The molecule has 0 nitrogen and oxygen atoms in total. The Morgan fingerprint density at radius 3 is 2.29 bits per heavy atom. The van der Waals surface area contributed by atoms with Crippen LogP contribution < -0.4 is 5.19 Å². The maximum absolute atomic E-state index is 2.49. The zero-order valence-corrected chi connectivity index (χ0v) is 15.4. The van der Waals surface area contributed by atoms with E-state index < -0.39 is 8.07 Å². The Kier molecular flexibility index (Phi) is 8.37. The Bertz CT molecular complexity index is 440. The summed E-state index contributed by atoms with van der Waals surface area (Å²) >= 11 is 0. The van der Waals surface area contributed by atoms with Crippen LogP contribution in [0.2, 0.25) is 13.1 Å². The lowest BCUT2D eigenvalue weighted by atomic mass is 10.2. The van der Waals surface area contributed by atoms with E-state index in [4.69, 9.17) is 0 Å². The third kappa shape index (κ3) is 6.05. The van der Waals surface area contributed by atoms with Crippen LogP contribution in [0.4, 0.5) is 0 Å². The van der Waals surface area contributed by atoms with Gasteiger partial charge in [0, 0.05) is 0 Å². The lowest BCUT2D eigenvalue weighted by Gasteiger charge is -2.27. The molecule has 0 atom stereocenters. The molecule has 0 N–H and O–H groups in total. The summed E-state index contributed by atoms with van der Waals surface area (Å²) in [6.07, 6.45) is 14.7. The first-order valence-corrected chi connectivity index (χ1v) is 11.5. The second kappa shape index (κ2) is 9.78. The summed E-state index contributed by atoms with van der Waals surface area (Å²) in [6.45, 7) is 9.51. The summed E-state index contributed by atoms with van der Waals surface area (Å²) in [5.74, 6) is 0. The van der Waals surface area contributed by atoms with Crippen LogP contribution in [0.5, 0.6) is 0 Å². The predicted molar refractivity (Wildman–Crippen MR) is 99.8 cm³/mol. The number of benzene rings is 1. The minimum Gasteiger partial charge on any atom is -0.0846 e. The number of allylic oxidation sites excluding steroid dienone is 4. The molecule has 0 aromatic heterocycles. The van der Waals surface area contributed by atoms with Gasteiger partial charge in [0.1, 0.15) is 8.07 Å². The summed E-state index contributed by atoms with van der Waals surface area (Å²) in [6, 6.07) is 11.1. The van der Waals surface area contributed by atoms with Gasteiger partial charge in [-0.15, -0.1) is 0 Å². The number of unbranched alkanes of at least 4 members (excludes halogenated alkanes) is 3. The molecule has 21 heavy (non-hydrogen) atoms. The summed E-state index contributed by atoms with van der Waals surface area (Å²) in [5.41, 5.74) is 0. The fourth-order valence-corrected chi connectivity index (χ4v) is 5.33. The van der Waals surface area contributed by atoms with Crippen LogP contribution in [-0.4, -0.2) is 8.07 Å². The fourth-order valence-electron chi connectivity index (χ4n) is 2.61. The average Bonchev–Trinajstić information content (AvgIpc) is 2.50. The van der Waals surface area contributed by atoms with Gasteiger partial charge in [-0.05, 0) is 12.8 Å². The molecule has 0 heterocycles. The molecule has 0 saturated heterocycles. The van der Waals surface area contributed by atoms with Gasteiger partial charge in [-0.25, -0.2) is 0 Å². The van der Waals surface area contributed by atoms with Crippen molar-refractivity contribution < 1.29 is 0 Å².